The number of carbonyl (C=O) groups is 3. The molecule has 0 radical (unpaired) electrons. The molecule has 6 atom stereocenters. The van der Waals surface area contributed by atoms with Gasteiger partial charge in [0.15, 0.2) is 12.1 Å². The predicted octanol–water partition coefficient (Wildman–Crippen LogP) is 2.09. The molecule has 2 fully saturated rings. The Morgan fingerprint density at radius 1 is 1.03 bits per heavy atom. The number of rotatable bonds is 9. The minimum atomic E-state index is -1.20. The summed E-state index contributed by atoms with van der Waals surface area (Å²) in [6, 6.07) is 12.8. The van der Waals surface area contributed by atoms with Gasteiger partial charge in [-0.25, -0.2) is 4.79 Å². The Kier molecular flexibility index (Phi) is 8.39. The molecule has 0 spiro atoms. The van der Waals surface area contributed by atoms with Crippen molar-refractivity contribution in [1.82, 2.24) is 5.32 Å². The lowest BCUT2D eigenvalue weighted by Crippen LogP contribution is -2.68. The first-order valence-corrected chi connectivity index (χ1v) is 11.7. The van der Waals surface area contributed by atoms with Gasteiger partial charge in [0.1, 0.15) is 42.5 Å². The summed E-state index contributed by atoms with van der Waals surface area (Å²) < 4.78 is 35.6. The van der Waals surface area contributed by atoms with E-state index in [4.69, 9.17) is 28.4 Å². The molecule has 11 nitrogen and oxygen atoms in total. The summed E-state index contributed by atoms with van der Waals surface area (Å²) in [6.07, 6.45) is -4.55. The standard InChI is InChI=1S/C26H29NO10/c1-14(28)16-8-4-7-11-19(16)35-26-22(27-15(2)29)24(33-13-21(30)31)23-20(36-26)12-34-25(37-23)17-9-5-6-10-18(17)32-3/h4-11,20,22-26H,12-13H2,1-3H3,(H,27,29)(H,30,31). The molecular formula is C26H29NO10. The zero-order valence-corrected chi connectivity index (χ0v) is 20.6. The predicted molar refractivity (Wildman–Crippen MR) is 127 cm³/mol. The zero-order valence-electron chi connectivity index (χ0n) is 20.6. The summed E-state index contributed by atoms with van der Waals surface area (Å²) in [5, 5.41) is 12.1. The third kappa shape index (κ3) is 6.08. The Morgan fingerprint density at radius 2 is 1.73 bits per heavy atom. The van der Waals surface area contributed by atoms with Crippen LogP contribution in [0.15, 0.2) is 48.5 Å². The Labute approximate surface area is 213 Å². The number of Topliss-reactive ketones (excluding diaryl/α,β-unsaturated/α-hetero) is 1. The fourth-order valence-electron chi connectivity index (χ4n) is 4.43. The number of methoxy groups -OCH3 is 1. The number of carboxylic acid groups (broad SMARTS) is 1. The van der Waals surface area contributed by atoms with E-state index in [1.54, 1.807) is 36.4 Å². The van der Waals surface area contributed by atoms with Crippen LogP contribution in [0.2, 0.25) is 0 Å². The van der Waals surface area contributed by atoms with Crippen LogP contribution in [0, 0.1) is 0 Å². The molecule has 37 heavy (non-hydrogen) atoms. The Bertz CT molecular complexity index is 1140. The number of nitrogens with one attached hydrogen (secondary N) is 1. The van der Waals surface area contributed by atoms with E-state index < -0.39 is 55.4 Å². The topological polar surface area (TPSA) is 139 Å². The molecule has 2 N–H and O–H groups in total. The highest BCUT2D eigenvalue weighted by Crippen LogP contribution is 2.38. The molecule has 11 heteroatoms. The van der Waals surface area contributed by atoms with Crippen LogP contribution in [-0.2, 0) is 28.5 Å². The molecule has 198 valence electrons. The number of amides is 1. The average Bonchev–Trinajstić information content (AvgIpc) is 2.88. The van der Waals surface area contributed by atoms with Crippen LogP contribution in [0.25, 0.3) is 0 Å². The number of ether oxygens (including phenoxy) is 6. The SMILES string of the molecule is COc1ccccc1C1OCC2OC(Oc3ccccc3C(C)=O)C(NC(C)=O)C(OCC(=O)O)C2O1. The van der Waals surface area contributed by atoms with Gasteiger partial charge in [-0.3, -0.25) is 9.59 Å². The normalized spacial score (nSPS) is 27.0. The molecule has 6 unspecified atom stereocenters. The smallest absolute Gasteiger partial charge is 0.329 e. The molecule has 0 saturated carbocycles. The summed E-state index contributed by atoms with van der Waals surface area (Å²) in [7, 11) is 1.53. The quantitative estimate of drug-likeness (QED) is 0.477. The zero-order chi connectivity index (χ0) is 26.5. The van der Waals surface area contributed by atoms with Gasteiger partial charge in [-0.1, -0.05) is 30.3 Å². The highest BCUT2D eigenvalue weighted by Gasteiger charge is 2.52. The number of carboxylic acids is 1. The van der Waals surface area contributed by atoms with E-state index >= 15 is 0 Å². The fraction of sp³-hybridized carbons (Fsp3) is 0.423. The largest absolute Gasteiger partial charge is 0.496 e. The highest BCUT2D eigenvalue weighted by molar-refractivity contribution is 5.96. The molecule has 0 bridgehead atoms. The van der Waals surface area contributed by atoms with Gasteiger partial charge in [-0.15, -0.1) is 0 Å². The van der Waals surface area contributed by atoms with Gasteiger partial charge in [-0.2, -0.15) is 0 Å². The Morgan fingerprint density at radius 3 is 2.41 bits per heavy atom. The van der Waals surface area contributed by atoms with Crippen molar-refractivity contribution in [3.63, 3.8) is 0 Å². The van der Waals surface area contributed by atoms with Gasteiger partial charge in [0.2, 0.25) is 12.2 Å². The maximum absolute atomic E-state index is 12.2. The molecule has 0 aromatic heterocycles. The third-order valence-corrected chi connectivity index (χ3v) is 6.01. The summed E-state index contributed by atoms with van der Waals surface area (Å²) in [5.41, 5.74) is 0.954. The van der Waals surface area contributed by atoms with Crippen molar-refractivity contribution < 1.29 is 47.9 Å². The van der Waals surface area contributed by atoms with Crippen molar-refractivity contribution in [3.8, 4) is 11.5 Å². The van der Waals surface area contributed by atoms with Crippen LogP contribution < -0.4 is 14.8 Å². The molecule has 2 aromatic rings. The second kappa shape index (κ2) is 11.7. The number of hydrogen-bond acceptors (Lipinski definition) is 9. The summed E-state index contributed by atoms with van der Waals surface area (Å²) in [6.45, 7) is 2.12. The number of ketones is 1. The van der Waals surface area contributed by atoms with Gasteiger partial charge >= 0.3 is 5.97 Å². The molecule has 0 aliphatic carbocycles. The maximum Gasteiger partial charge on any atom is 0.329 e. The van der Waals surface area contributed by atoms with E-state index in [1.807, 2.05) is 12.1 Å². The van der Waals surface area contributed by atoms with E-state index in [1.165, 1.54) is 21.0 Å². The van der Waals surface area contributed by atoms with Crippen molar-refractivity contribution in [3.05, 3.63) is 59.7 Å². The Hall–Kier alpha value is -3.51. The van der Waals surface area contributed by atoms with Gasteiger partial charge in [0, 0.05) is 12.5 Å². The molecule has 2 aliphatic rings. The van der Waals surface area contributed by atoms with Crippen molar-refractivity contribution in [2.24, 2.45) is 0 Å². The number of benzene rings is 2. The number of fused-ring (bicyclic) bond motifs is 1. The average molecular weight is 516 g/mol. The second-order valence-electron chi connectivity index (χ2n) is 8.62. The van der Waals surface area contributed by atoms with Crippen LogP contribution in [0.3, 0.4) is 0 Å². The van der Waals surface area contributed by atoms with Crippen LogP contribution in [-0.4, -0.2) is 73.7 Å². The van der Waals surface area contributed by atoms with Gasteiger partial charge in [-0.05, 0) is 25.1 Å². The first kappa shape index (κ1) is 26.6. The van der Waals surface area contributed by atoms with Crippen LogP contribution in [0.5, 0.6) is 11.5 Å². The van der Waals surface area contributed by atoms with Crippen LogP contribution in [0.4, 0.5) is 0 Å². The van der Waals surface area contributed by atoms with Gasteiger partial charge in [0.05, 0.1) is 19.3 Å². The highest BCUT2D eigenvalue weighted by atomic mass is 16.8. The van der Waals surface area contributed by atoms with E-state index in [-0.39, 0.29) is 18.1 Å². The summed E-state index contributed by atoms with van der Waals surface area (Å²) in [4.78, 5) is 35.7. The molecule has 2 saturated heterocycles. The maximum atomic E-state index is 12.2. The first-order chi connectivity index (χ1) is 17.8. The van der Waals surface area contributed by atoms with E-state index in [0.717, 1.165) is 0 Å². The summed E-state index contributed by atoms with van der Waals surface area (Å²) >= 11 is 0. The first-order valence-electron chi connectivity index (χ1n) is 11.7. The summed E-state index contributed by atoms with van der Waals surface area (Å²) in [5.74, 6) is -1.04. The van der Waals surface area contributed by atoms with Crippen molar-refractivity contribution in [2.45, 2.75) is 50.8 Å². The lowest BCUT2D eigenvalue weighted by atomic mass is 9.95. The number of aliphatic carboxylic acids is 1. The lowest BCUT2D eigenvalue weighted by Gasteiger charge is -2.49. The monoisotopic (exact) mass is 515 g/mol. The van der Waals surface area contributed by atoms with Crippen LogP contribution >= 0.6 is 0 Å². The molecule has 1 amide bonds. The van der Waals surface area contributed by atoms with Crippen molar-refractivity contribution in [2.75, 3.05) is 20.3 Å². The molecule has 2 aromatic carbocycles. The van der Waals surface area contributed by atoms with Crippen molar-refractivity contribution >= 4 is 17.7 Å². The molecule has 2 heterocycles. The molecular weight excluding hydrogens is 486 g/mol. The lowest BCUT2D eigenvalue weighted by molar-refractivity contribution is -0.338. The van der Waals surface area contributed by atoms with E-state index in [2.05, 4.69) is 5.32 Å². The molecule has 4 rings (SSSR count). The van der Waals surface area contributed by atoms with E-state index in [9.17, 15) is 19.5 Å². The number of para-hydroxylation sites is 2. The number of carbonyl (C=O) groups excluding carboxylic acids is 2. The van der Waals surface area contributed by atoms with Gasteiger partial charge in [0.25, 0.3) is 0 Å². The van der Waals surface area contributed by atoms with E-state index in [0.29, 0.717) is 16.9 Å². The minimum absolute atomic E-state index is 0.0569. The van der Waals surface area contributed by atoms with Crippen molar-refractivity contribution in [1.29, 1.82) is 0 Å². The third-order valence-electron chi connectivity index (χ3n) is 6.01. The Balaban J connectivity index is 1.67. The van der Waals surface area contributed by atoms with Crippen LogP contribution in [0.1, 0.15) is 36.1 Å². The van der Waals surface area contributed by atoms with Gasteiger partial charge < -0.3 is 38.8 Å². The minimum Gasteiger partial charge on any atom is -0.496 e. The molecule has 2 aliphatic heterocycles. The second-order valence-corrected chi connectivity index (χ2v) is 8.62. The fourth-order valence-corrected chi connectivity index (χ4v) is 4.43. The number of hydrogen-bond donors (Lipinski definition) is 2.